The Morgan fingerprint density at radius 2 is 1.90 bits per heavy atom. The largest absolute Gasteiger partial charge is 0.492 e. The van der Waals surface area contributed by atoms with Gasteiger partial charge in [0.1, 0.15) is 10.6 Å². The van der Waals surface area contributed by atoms with Crippen LogP contribution in [0.15, 0.2) is 52.1 Å². The van der Waals surface area contributed by atoms with Crippen molar-refractivity contribution in [2.75, 3.05) is 6.61 Å². The van der Waals surface area contributed by atoms with Crippen LogP contribution in [-0.4, -0.2) is 20.0 Å². The molecular weight excluding hydrogens is 366 g/mol. The Kier molecular flexibility index (Phi) is 5.01. The Hall–Kier alpha value is -1.11. The molecule has 2 rings (SSSR count). The summed E-state index contributed by atoms with van der Waals surface area (Å²) in [5.74, 6) is 0.247. The molecule has 0 N–H and O–H groups in total. The van der Waals surface area contributed by atoms with Crippen LogP contribution in [-0.2, 0) is 15.5 Å². The molecule has 0 amide bonds. The zero-order valence-electron chi connectivity index (χ0n) is 10.3. The zero-order chi connectivity index (χ0) is 14.6. The van der Waals surface area contributed by atoms with Crippen molar-refractivity contribution in [1.29, 1.82) is 0 Å². The molecular formula is C13H11BrClNO3S. The number of aromatic nitrogens is 1. The SMILES string of the molecule is O=S(=O)(Cl)c1cc(Br)ccc1OCCc1ccncc1. The van der Waals surface area contributed by atoms with Gasteiger partial charge in [0, 0.05) is 34.0 Å². The lowest BCUT2D eigenvalue weighted by molar-refractivity contribution is 0.313. The van der Waals surface area contributed by atoms with E-state index >= 15 is 0 Å². The smallest absolute Gasteiger partial charge is 0.265 e. The number of rotatable bonds is 5. The first-order valence-electron chi connectivity index (χ1n) is 5.73. The molecule has 0 aliphatic carbocycles. The van der Waals surface area contributed by atoms with E-state index in [1.807, 2.05) is 12.1 Å². The number of hydrogen-bond donors (Lipinski definition) is 0. The molecule has 1 heterocycles. The maximum absolute atomic E-state index is 11.5. The molecule has 0 aliphatic rings. The predicted molar refractivity (Wildman–Crippen MR) is 80.6 cm³/mol. The summed E-state index contributed by atoms with van der Waals surface area (Å²) in [5.41, 5.74) is 1.06. The maximum atomic E-state index is 11.5. The van der Waals surface area contributed by atoms with Gasteiger partial charge in [-0.2, -0.15) is 0 Å². The summed E-state index contributed by atoms with van der Waals surface area (Å²) in [7, 11) is 1.55. The van der Waals surface area contributed by atoms with Gasteiger partial charge in [0.05, 0.1) is 6.61 Å². The van der Waals surface area contributed by atoms with E-state index in [0.29, 0.717) is 17.5 Å². The third-order valence-electron chi connectivity index (χ3n) is 2.57. The molecule has 0 spiro atoms. The Labute approximate surface area is 130 Å². The summed E-state index contributed by atoms with van der Waals surface area (Å²) in [6.07, 6.45) is 4.05. The second-order valence-corrected chi connectivity index (χ2v) is 7.43. The summed E-state index contributed by atoms with van der Waals surface area (Å²) in [6.45, 7) is 0.352. The fraction of sp³-hybridized carbons (Fsp3) is 0.154. The molecule has 0 radical (unpaired) electrons. The molecule has 0 aliphatic heterocycles. The first kappa shape index (κ1) is 15.3. The van der Waals surface area contributed by atoms with Crippen molar-refractivity contribution in [3.8, 4) is 5.75 Å². The van der Waals surface area contributed by atoms with Gasteiger partial charge < -0.3 is 4.74 Å². The number of benzene rings is 1. The highest BCUT2D eigenvalue weighted by atomic mass is 79.9. The second-order valence-electron chi connectivity index (χ2n) is 3.98. The molecule has 4 nitrogen and oxygen atoms in total. The van der Waals surface area contributed by atoms with Gasteiger partial charge in [0.25, 0.3) is 9.05 Å². The normalized spacial score (nSPS) is 11.3. The molecule has 7 heteroatoms. The van der Waals surface area contributed by atoms with Gasteiger partial charge >= 0.3 is 0 Å². The van der Waals surface area contributed by atoms with Crippen LogP contribution in [0.3, 0.4) is 0 Å². The van der Waals surface area contributed by atoms with Crippen LogP contribution in [0.5, 0.6) is 5.75 Å². The quantitative estimate of drug-likeness (QED) is 0.751. The number of pyridine rings is 1. The van der Waals surface area contributed by atoms with Crippen LogP contribution in [0.1, 0.15) is 5.56 Å². The maximum Gasteiger partial charge on any atom is 0.265 e. The van der Waals surface area contributed by atoms with Gasteiger partial charge in [-0.15, -0.1) is 0 Å². The number of hydrogen-bond acceptors (Lipinski definition) is 4. The van der Waals surface area contributed by atoms with Crippen molar-refractivity contribution in [2.45, 2.75) is 11.3 Å². The third kappa shape index (κ3) is 4.19. The molecule has 1 aromatic heterocycles. The summed E-state index contributed by atoms with van der Waals surface area (Å²) in [5, 5.41) is 0. The molecule has 0 saturated heterocycles. The molecule has 0 unspecified atom stereocenters. The molecule has 0 atom stereocenters. The second kappa shape index (κ2) is 6.56. The fourth-order valence-corrected chi connectivity index (χ4v) is 3.13. The molecule has 2 aromatic rings. The van der Waals surface area contributed by atoms with E-state index in [2.05, 4.69) is 20.9 Å². The van der Waals surface area contributed by atoms with E-state index in [9.17, 15) is 8.42 Å². The minimum Gasteiger partial charge on any atom is -0.492 e. The van der Waals surface area contributed by atoms with Crippen molar-refractivity contribution in [1.82, 2.24) is 4.98 Å². The predicted octanol–water partition coefficient (Wildman–Crippen LogP) is 3.39. The van der Waals surface area contributed by atoms with Crippen molar-refractivity contribution in [2.24, 2.45) is 0 Å². The average molecular weight is 377 g/mol. The lowest BCUT2D eigenvalue weighted by Crippen LogP contribution is -2.04. The van der Waals surface area contributed by atoms with Crippen LogP contribution in [0.2, 0.25) is 0 Å². The van der Waals surface area contributed by atoms with Gasteiger partial charge in [-0.3, -0.25) is 4.98 Å². The van der Waals surface area contributed by atoms with Crippen LogP contribution in [0.4, 0.5) is 0 Å². The summed E-state index contributed by atoms with van der Waals surface area (Å²) >= 11 is 3.21. The van der Waals surface area contributed by atoms with E-state index in [-0.39, 0.29) is 10.6 Å². The topological polar surface area (TPSA) is 56.3 Å². The Bertz CT molecular complexity index is 692. The van der Waals surface area contributed by atoms with Crippen LogP contribution < -0.4 is 4.74 Å². The Morgan fingerprint density at radius 1 is 1.20 bits per heavy atom. The highest BCUT2D eigenvalue weighted by Crippen LogP contribution is 2.30. The minimum atomic E-state index is -3.84. The third-order valence-corrected chi connectivity index (χ3v) is 4.40. The van der Waals surface area contributed by atoms with Gasteiger partial charge in [-0.1, -0.05) is 15.9 Å². The van der Waals surface area contributed by atoms with Crippen molar-refractivity contribution < 1.29 is 13.2 Å². The standard InChI is InChI=1S/C13H11BrClNO3S/c14-11-1-2-12(13(9-11)20(15,17)18)19-8-5-10-3-6-16-7-4-10/h1-4,6-7,9H,5,8H2. The van der Waals surface area contributed by atoms with Crippen LogP contribution >= 0.6 is 26.6 Å². The van der Waals surface area contributed by atoms with Crippen molar-refractivity contribution in [3.63, 3.8) is 0 Å². The first-order chi connectivity index (χ1) is 9.47. The summed E-state index contributed by atoms with van der Waals surface area (Å²) in [4.78, 5) is 3.89. The number of nitrogens with zero attached hydrogens (tertiary/aromatic N) is 1. The van der Waals surface area contributed by atoms with E-state index in [4.69, 9.17) is 15.4 Å². The molecule has 0 bridgehead atoms. The summed E-state index contributed by atoms with van der Waals surface area (Å²) < 4.78 is 29.1. The van der Waals surface area contributed by atoms with Crippen LogP contribution in [0, 0.1) is 0 Å². The van der Waals surface area contributed by atoms with E-state index < -0.39 is 9.05 Å². The van der Waals surface area contributed by atoms with E-state index in [1.165, 1.54) is 6.07 Å². The Morgan fingerprint density at radius 3 is 2.55 bits per heavy atom. The van der Waals surface area contributed by atoms with Crippen molar-refractivity contribution >= 4 is 35.7 Å². The lowest BCUT2D eigenvalue weighted by Gasteiger charge is -2.10. The molecule has 1 aromatic carbocycles. The van der Waals surface area contributed by atoms with Crippen molar-refractivity contribution in [3.05, 3.63) is 52.8 Å². The molecule has 20 heavy (non-hydrogen) atoms. The summed E-state index contributed by atoms with van der Waals surface area (Å²) in [6, 6.07) is 8.46. The number of halogens is 2. The average Bonchev–Trinajstić information content (AvgIpc) is 2.40. The first-order valence-corrected chi connectivity index (χ1v) is 8.83. The highest BCUT2D eigenvalue weighted by Gasteiger charge is 2.17. The van der Waals surface area contributed by atoms with E-state index in [1.54, 1.807) is 24.5 Å². The Balaban J connectivity index is 2.10. The molecule has 106 valence electrons. The van der Waals surface area contributed by atoms with Gasteiger partial charge in [-0.25, -0.2) is 8.42 Å². The lowest BCUT2D eigenvalue weighted by atomic mass is 10.2. The van der Waals surface area contributed by atoms with Gasteiger partial charge in [0.15, 0.2) is 0 Å². The van der Waals surface area contributed by atoms with E-state index in [0.717, 1.165) is 5.56 Å². The zero-order valence-corrected chi connectivity index (χ0v) is 13.5. The molecule has 0 fully saturated rings. The van der Waals surface area contributed by atoms with Gasteiger partial charge in [0.2, 0.25) is 0 Å². The van der Waals surface area contributed by atoms with Crippen LogP contribution in [0.25, 0.3) is 0 Å². The van der Waals surface area contributed by atoms with Gasteiger partial charge in [-0.05, 0) is 35.9 Å². The monoisotopic (exact) mass is 375 g/mol. The highest BCUT2D eigenvalue weighted by molar-refractivity contribution is 9.10. The molecule has 0 saturated carbocycles. The fourth-order valence-electron chi connectivity index (χ4n) is 1.62. The number of ether oxygens (including phenoxy) is 1. The minimum absolute atomic E-state index is 0.0386.